The fourth-order valence-electron chi connectivity index (χ4n) is 2.38. The van der Waals surface area contributed by atoms with Gasteiger partial charge in [-0.25, -0.2) is 0 Å². The van der Waals surface area contributed by atoms with E-state index in [1.165, 1.54) is 12.8 Å². The second-order valence-corrected chi connectivity index (χ2v) is 5.01. The Labute approximate surface area is 114 Å². The molecule has 4 nitrogen and oxygen atoms in total. The number of nitrogens with zero attached hydrogens (tertiary/aromatic N) is 1. The molecule has 1 atom stereocenters. The van der Waals surface area contributed by atoms with Crippen molar-refractivity contribution in [1.29, 1.82) is 0 Å². The van der Waals surface area contributed by atoms with Crippen LogP contribution in [0.1, 0.15) is 30.1 Å². The fourth-order valence-corrected chi connectivity index (χ4v) is 2.38. The zero-order valence-electron chi connectivity index (χ0n) is 11.8. The Kier molecular flexibility index (Phi) is 4.43. The first-order valence-corrected chi connectivity index (χ1v) is 6.64. The highest BCUT2D eigenvalue weighted by Crippen LogP contribution is 2.29. The van der Waals surface area contributed by atoms with Gasteiger partial charge in [-0.1, -0.05) is 0 Å². The van der Waals surface area contributed by atoms with Crippen LogP contribution in [0.25, 0.3) is 0 Å². The highest BCUT2D eigenvalue weighted by Gasteiger charge is 2.21. The minimum absolute atomic E-state index is 0.0281. The average Bonchev–Trinajstić information content (AvgIpc) is 2.81. The second kappa shape index (κ2) is 6.06. The monoisotopic (exact) mass is 263 g/mol. The van der Waals surface area contributed by atoms with Crippen molar-refractivity contribution in [3.63, 3.8) is 0 Å². The number of likely N-dealkylation sites (tertiary alicyclic amines) is 1. The highest BCUT2D eigenvalue weighted by atomic mass is 16.5. The Balaban J connectivity index is 2.05. The Hall–Kier alpha value is -1.55. The molecule has 1 aliphatic heterocycles. The van der Waals surface area contributed by atoms with Crippen molar-refractivity contribution in [3.05, 3.63) is 23.8 Å². The van der Waals surface area contributed by atoms with Crippen LogP contribution in [0.15, 0.2) is 18.2 Å². The molecular weight excluding hydrogens is 242 g/mol. The summed E-state index contributed by atoms with van der Waals surface area (Å²) >= 11 is 0. The van der Waals surface area contributed by atoms with Crippen LogP contribution in [0.5, 0.6) is 11.5 Å². The molecule has 2 rings (SSSR count). The first-order chi connectivity index (χ1) is 9.11. The molecule has 104 valence electrons. The first kappa shape index (κ1) is 13.9. The van der Waals surface area contributed by atoms with Crippen LogP contribution < -0.4 is 9.47 Å². The van der Waals surface area contributed by atoms with Crippen LogP contribution in [-0.4, -0.2) is 44.0 Å². The van der Waals surface area contributed by atoms with E-state index in [1.54, 1.807) is 26.2 Å². The maximum Gasteiger partial charge on any atom is 0.161 e. The quantitative estimate of drug-likeness (QED) is 0.765. The third kappa shape index (κ3) is 3.26. The van der Waals surface area contributed by atoms with E-state index in [9.17, 15) is 4.79 Å². The summed E-state index contributed by atoms with van der Waals surface area (Å²) in [5, 5.41) is 0. The smallest absolute Gasteiger partial charge is 0.161 e. The number of hydrogen-bond acceptors (Lipinski definition) is 4. The van der Waals surface area contributed by atoms with E-state index in [-0.39, 0.29) is 5.78 Å². The van der Waals surface area contributed by atoms with Gasteiger partial charge in [-0.05, 0) is 51.6 Å². The van der Waals surface area contributed by atoms with Crippen molar-refractivity contribution >= 4 is 5.78 Å². The normalized spacial score (nSPS) is 19.4. The Morgan fingerprint density at radius 3 is 2.79 bits per heavy atom. The van der Waals surface area contributed by atoms with Crippen LogP contribution in [0, 0.1) is 0 Å². The molecule has 19 heavy (non-hydrogen) atoms. The van der Waals surface area contributed by atoms with Gasteiger partial charge in [-0.3, -0.25) is 4.79 Å². The first-order valence-electron chi connectivity index (χ1n) is 6.64. The number of carbonyl (C=O) groups is 1. The molecule has 0 spiro atoms. The van der Waals surface area contributed by atoms with Crippen LogP contribution >= 0.6 is 0 Å². The molecule has 1 unspecified atom stereocenters. The second-order valence-electron chi connectivity index (χ2n) is 5.01. The third-order valence-corrected chi connectivity index (χ3v) is 3.67. The van der Waals surface area contributed by atoms with E-state index in [2.05, 4.69) is 11.9 Å². The molecule has 0 radical (unpaired) electrons. The van der Waals surface area contributed by atoms with Gasteiger partial charge in [-0.15, -0.1) is 0 Å². The van der Waals surface area contributed by atoms with Crippen molar-refractivity contribution in [2.45, 2.75) is 25.8 Å². The number of rotatable bonds is 5. The van der Waals surface area contributed by atoms with Crippen LogP contribution in [0.3, 0.4) is 0 Å². The van der Waals surface area contributed by atoms with E-state index in [0.29, 0.717) is 29.7 Å². The van der Waals surface area contributed by atoms with Gasteiger partial charge in [0, 0.05) is 11.6 Å². The van der Waals surface area contributed by atoms with Crippen molar-refractivity contribution in [2.75, 3.05) is 27.3 Å². The zero-order chi connectivity index (χ0) is 13.8. The molecule has 0 N–H and O–H groups in total. The van der Waals surface area contributed by atoms with Crippen molar-refractivity contribution in [3.8, 4) is 11.5 Å². The molecule has 1 fully saturated rings. The summed E-state index contributed by atoms with van der Waals surface area (Å²) in [5.41, 5.74) is 0.641. The van der Waals surface area contributed by atoms with Gasteiger partial charge in [0.05, 0.1) is 7.11 Å². The predicted octanol–water partition coefficient (Wildman–Crippen LogP) is 2.37. The number of ether oxygens (including phenoxy) is 2. The minimum Gasteiger partial charge on any atom is -0.493 e. The SMILES string of the molecule is COc1cc(C(C)=O)ccc1OCC1CCCN1C. The Morgan fingerprint density at radius 1 is 1.42 bits per heavy atom. The molecule has 1 heterocycles. The molecule has 0 bridgehead atoms. The summed E-state index contributed by atoms with van der Waals surface area (Å²) < 4.78 is 11.1. The zero-order valence-corrected chi connectivity index (χ0v) is 11.8. The van der Waals surface area contributed by atoms with E-state index < -0.39 is 0 Å². The number of benzene rings is 1. The van der Waals surface area contributed by atoms with Crippen molar-refractivity contribution in [1.82, 2.24) is 4.90 Å². The number of hydrogen-bond donors (Lipinski definition) is 0. The highest BCUT2D eigenvalue weighted by molar-refractivity contribution is 5.94. The molecule has 1 saturated heterocycles. The molecule has 4 heteroatoms. The summed E-state index contributed by atoms with van der Waals surface area (Å²) in [6, 6.07) is 5.79. The maximum absolute atomic E-state index is 11.3. The minimum atomic E-state index is 0.0281. The number of ketones is 1. The van der Waals surface area contributed by atoms with Gasteiger partial charge in [0.1, 0.15) is 6.61 Å². The number of likely N-dealkylation sites (N-methyl/N-ethyl adjacent to an activating group) is 1. The van der Waals surface area contributed by atoms with Gasteiger partial charge in [0.2, 0.25) is 0 Å². The summed E-state index contributed by atoms with van der Waals surface area (Å²) in [6.45, 7) is 3.34. The standard InChI is InChI=1S/C15H21NO3/c1-11(17)12-6-7-14(15(9-12)18-3)19-10-13-5-4-8-16(13)2/h6-7,9,13H,4-5,8,10H2,1-3H3. The lowest BCUT2D eigenvalue weighted by molar-refractivity contribution is 0.101. The van der Waals surface area contributed by atoms with Crippen LogP contribution in [0.2, 0.25) is 0 Å². The average molecular weight is 263 g/mol. The lowest BCUT2D eigenvalue weighted by atomic mass is 10.1. The lowest BCUT2D eigenvalue weighted by Gasteiger charge is -2.20. The molecule has 0 saturated carbocycles. The fraction of sp³-hybridized carbons (Fsp3) is 0.533. The van der Waals surface area contributed by atoms with Gasteiger partial charge < -0.3 is 14.4 Å². The van der Waals surface area contributed by atoms with Gasteiger partial charge in [-0.2, -0.15) is 0 Å². The molecule has 0 amide bonds. The molecule has 0 aromatic heterocycles. The number of methoxy groups -OCH3 is 1. The predicted molar refractivity (Wildman–Crippen MR) is 74.1 cm³/mol. The summed E-state index contributed by atoms with van der Waals surface area (Å²) in [5.74, 6) is 1.35. The molecule has 1 aromatic rings. The van der Waals surface area contributed by atoms with Gasteiger partial charge in [0.25, 0.3) is 0 Å². The van der Waals surface area contributed by atoms with Crippen molar-refractivity contribution < 1.29 is 14.3 Å². The number of Topliss-reactive ketones (excluding diaryl/α,β-unsaturated/α-hetero) is 1. The molecule has 0 aliphatic carbocycles. The molecular formula is C15H21NO3. The van der Waals surface area contributed by atoms with Crippen molar-refractivity contribution in [2.24, 2.45) is 0 Å². The topological polar surface area (TPSA) is 38.8 Å². The van der Waals surface area contributed by atoms with Crippen LogP contribution in [-0.2, 0) is 0 Å². The Bertz CT molecular complexity index is 459. The largest absolute Gasteiger partial charge is 0.493 e. The lowest BCUT2D eigenvalue weighted by Crippen LogP contribution is -2.30. The van der Waals surface area contributed by atoms with Crippen LogP contribution in [0.4, 0.5) is 0 Å². The van der Waals surface area contributed by atoms with E-state index in [4.69, 9.17) is 9.47 Å². The van der Waals surface area contributed by atoms with E-state index in [1.807, 2.05) is 6.07 Å². The Morgan fingerprint density at radius 2 is 2.21 bits per heavy atom. The summed E-state index contributed by atoms with van der Waals surface area (Å²) in [6.07, 6.45) is 2.40. The van der Waals surface area contributed by atoms with E-state index in [0.717, 1.165) is 6.54 Å². The third-order valence-electron chi connectivity index (χ3n) is 3.67. The summed E-state index contributed by atoms with van der Waals surface area (Å²) in [4.78, 5) is 13.6. The molecule has 1 aliphatic rings. The van der Waals surface area contributed by atoms with E-state index >= 15 is 0 Å². The summed E-state index contributed by atoms with van der Waals surface area (Å²) in [7, 11) is 3.71. The maximum atomic E-state index is 11.3. The number of carbonyl (C=O) groups excluding carboxylic acids is 1. The van der Waals surface area contributed by atoms with Gasteiger partial charge >= 0.3 is 0 Å². The molecule has 1 aromatic carbocycles. The van der Waals surface area contributed by atoms with Gasteiger partial charge in [0.15, 0.2) is 17.3 Å².